The fourth-order valence-electron chi connectivity index (χ4n) is 3.24. The average Bonchev–Trinajstić information content (AvgIpc) is 2.68. The minimum atomic E-state index is 0.460. The van der Waals surface area contributed by atoms with Gasteiger partial charge in [-0.25, -0.2) is 0 Å². The molecular weight excluding hydrogens is 172 g/mol. The van der Waals surface area contributed by atoms with Gasteiger partial charge >= 0.3 is 0 Å². The molecule has 1 heteroatoms. The van der Waals surface area contributed by atoms with Crippen molar-refractivity contribution in [2.75, 3.05) is 0 Å². The van der Waals surface area contributed by atoms with Crippen molar-refractivity contribution >= 4 is 5.78 Å². The van der Waals surface area contributed by atoms with E-state index >= 15 is 0 Å². The molecule has 0 heterocycles. The summed E-state index contributed by atoms with van der Waals surface area (Å²) in [5.74, 6) is 2.18. The second kappa shape index (κ2) is 2.69. The lowest BCUT2D eigenvalue weighted by atomic mass is 9.91. The normalized spacial score (nSPS) is 34.4. The van der Waals surface area contributed by atoms with Gasteiger partial charge in [-0.1, -0.05) is 31.2 Å². The first-order valence-corrected chi connectivity index (χ1v) is 5.38. The van der Waals surface area contributed by atoms with Crippen molar-refractivity contribution in [3.63, 3.8) is 0 Å². The predicted octanol–water partition coefficient (Wildman–Crippen LogP) is 2.87. The van der Waals surface area contributed by atoms with E-state index in [-0.39, 0.29) is 0 Å². The van der Waals surface area contributed by atoms with E-state index in [0.717, 1.165) is 12.8 Å². The zero-order valence-corrected chi connectivity index (χ0v) is 8.36. The average molecular weight is 186 g/mol. The molecule has 3 atom stereocenters. The zero-order valence-electron chi connectivity index (χ0n) is 8.36. The van der Waals surface area contributed by atoms with E-state index in [2.05, 4.69) is 31.2 Å². The summed E-state index contributed by atoms with van der Waals surface area (Å²) in [6.45, 7) is 2.27. The number of rotatable bonds is 0. The van der Waals surface area contributed by atoms with Crippen molar-refractivity contribution in [3.05, 3.63) is 35.4 Å². The molecule has 1 nitrogen and oxygen atoms in total. The van der Waals surface area contributed by atoms with E-state index in [9.17, 15) is 4.79 Å². The SMILES string of the molecule is CC1c2ccccc2C2CC(=O)CC12. The van der Waals surface area contributed by atoms with Crippen LogP contribution in [0.2, 0.25) is 0 Å². The Morgan fingerprint density at radius 3 is 2.64 bits per heavy atom. The van der Waals surface area contributed by atoms with E-state index < -0.39 is 0 Å². The Morgan fingerprint density at radius 2 is 1.86 bits per heavy atom. The van der Waals surface area contributed by atoms with Gasteiger partial charge in [0.05, 0.1) is 0 Å². The lowest BCUT2D eigenvalue weighted by Crippen LogP contribution is -2.03. The summed E-state index contributed by atoms with van der Waals surface area (Å²) in [5.41, 5.74) is 2.92. The summed E-state index contributed by atoms with van der Waals surface area (Å²) >= 11 is 0. The van der Waals surface area contributed by atoms with E-state index in [1.165, 1.54) is 11.1 Å². The third-order valence-electron chi connectivity index (χ3n) is 3.96. The third kappa shape index (κ3) is 0.927. The van der Waals surface area contributed by atoms with Gasteiger partial charge in [-0.2, -0.15) is 0 Å². The van der Waals surface area contributed by atoms with Gasteiger partial charge in [0, 0.05) is 12.8 Å². The van der Waals surface area contributed by atoms with Crippen LogP contribution in [0.15, 0.2) is 24.3 Å². The summed E-state index contributed by atoms with van der Waals surface area (Å²) < 4.78 is 0. The summed E-state index contributed by atoms with van der Waals surface area (Å²) in [6, 6.07) is 8.63. The van der Waals surface area contributed by atoms with Crippen LogP contribution in [-0.4, -0.2) is 5.78 Å². The summed E-state index contributed by atoms with van der Waals surface area (Å²) in [7, 11) is 0. The highest BCUT2D eigenvalue weighted by atomic mass is 16.1. The molecule has 72 valence electrons. The first kappa shape index (κ1) is 8.22. The third-order valence-corrected chi connectivity index (χ3v) is 3.96. The minimum Gasteiger partial charge on any atom is -0.300 e. The summed E-state index contributed by atoms with van der Waals surface area (Å²) in [6.07, 6.45) is 1.59. The quantitative estimate of drug-likeness (QED) is 0.609. The zero-order chi connectivity index (χ0) is 9.71. The van der Waals surface area contributed by atoms with Crippen LogP contribution in [0.3, 0.4) is 0 Å². The summed E-state index contributed by atoms with van der Waals surface area (Å²) in [5, 5.41) is 0. The van der Waals surface area contributed by atoms with Crippen LogP contribution < -0.4 is 0 Å². The van der Waals surface area contributed by atoms with Crippen LogP contribution in [0.5, 0.6) is 0 Å². The monoisotopic (exact) mass is 186 g/mol. The standard InChI is InChI=1S/C13H14O/c1-8-10-4-2-3-5-11(10)13-7-9(14)6-12(8)13/h2-5,8,12-13H,6-7H2,1H3. The number of fused-ring (bicyclic) bond motifs is 3. The smallest absolute Gasteiger partial charge is 0.133 e. The molecule has 3 rings (SSSR count). The van der Waals surface area contributed by atoms with Gasteiger partial charge in [0.1, 0.15) is 5.78 Å². The Kier molecular flexibility index (Phi) is 1.58. The highest BCUT2D eigenvalue weighted by molar-refractivity contribution is 5.83. The van der Waals surface area contributed by atoms with Crippen molar-refractivity contribution in [3.8, 4) is 0 Å². The fraction of sp³-hybridized carbons (Fsp3) is 0.462. The molecule has 2 aliphatic carbocycles. The van der Waals surface area contributed by atoms with Gasteiger partial charge < -0.3 is 0 Å². The van der Waals surface area contributed by atoms with Gasteiger partial charge in [-0.05, 0) is 28.9 Å². The van der Waals surface area contributed by atoms with Crippen LogP contribution in [0.1, 0.15) is 42.7 Å². The molecule has 0 aromatic heterocycles. The molecule has 0 aliphatic heterocycles. The lowest BCUT2D eigenvalue weighted by Gasteiger charge is -2.12. The van der Waals surface area contributed by atoms with Crippen molar-refractivity contribution < 1.29 is 4.79 Å². The molecular formula is C13H14O. The Hall–Kier alpha value is -1.11. The van der Waals surface area contributed by atoms with Crippen LogP contribution in [0.25, 0.3) is 0 Å². The highest BCUT2D eigenvalue weighted by Gasteiger charge is 2.43. The molecule has 1 aromatic carbocycles. The van der Waals surface area contributed by atoms with E-state index in [1.54, 1.807) is 0 Å². The molecule has 1 fully saturated rings. The first-order chi connectivity index (χ1) is 6.77. The molecule has 1 aromatic rings. The van der Waals surface area contributed by atoms with Crippen LogP contribution in [0, 0.1) is 5.92 Å². The topological polar surface area (TPSA) is 17.1 Å². The van der Waals surface area contributed by atoms with Crippen LogP contribution >= 0.6 is 0 Å². The van der Waals surface area contributed by atoms with E-state index in [0.29, 0.717) is 23.5 Å². The number of ketones is 1. The molecule has 14 heavy (non-hydrogen) atoms. The summed E-state index contributed by atoms with van der Waals surface area (Å²) in [4.78, 5) is 11.4. The Bertz CT molecular complexity index is 394. The molecule has 0 saturated heterocycles. The number of hydrogen-bond acceptors (Lipinski definition) is 1. The number of hydrogen-bond donors (Lipinski definition) is 0. The Labute approximate surface area is 84.1 Å². The Morgan fingerprint density at radius 1 is 1.14 bits per heavy atom. The minimum absolute atomic E-state index is 0.460. The molecule has 1 saturated carbocycles. The maximum atomic E-state index is 11.4. The maximum Gasteiger partial charge on any atom is 0.133 e. The second-order valence-corrected chi connectivity index (χ2v) is 4.63. The molecule has 0 bridgehead atoms. The van der Waals surface area contributed by atoms with Gasteiger partial charge in [-0.3, -0.25) is 4.79 Å². The van der Waals surface area contributed by atoms with Gasteiger partial charge in [0.15, 0.2) is 0 Å². The maximum absolute atomic E-state index is 11.4. The fourth-order valence-corrected chi connectivity index (χ4v) is 3.24. The molecule has 0 amide bonds. The number of carbonyl (C=O) groups is 1. The number of carbonyl (C=O) groups excluding carboxylic acids is 1. The lowest BCUT2D eigenvalue weighted by molar-refractivity contribution is -0.117. The van der Waals surface area contributed by atoms with Crippen LogP contribution in [-0.2, 0) is 4.79 Å². The van der Waals surface area contributed by atoms with E-state index in [4.69, 9.17) is 0 Å². The van der Waals surface area contributed by atoms with Gasteiger partial charge in [0.25, 0.3) is 0 Å². The highest BCUT2D eigenvalue weighted by Crippen LogP contribution is 2.53. The van der Waals surface area contributed by atoms with Crippen molar-refractivity contribution in [1.29, 1.82) is 0 Å². The van der Waals surface area contributed by atoms with Crippen molar-refractivity contribution in [2.24, 2.45) is 5.92 Å². The van der Waals surface area contributed by atoms with Crippen LogP contribution in [0.4, 0.5) is 0 Å². The Balaban J connectivity index is 2.11. The number of Topliss-reactive ketones (excluding diaryl/α,β-unsaturated/α-hetero) is 1. The first-order valence-electron chi connectivity index (χ1n) is 5.38. The predicted molar refractivity (Wildman–Crippen MR) is 55.3 cm³/mol. The molecule has 0 radical (unpaired) electrons. The van der Waals surface area contributed by atoms with Gasteiger partial charge in [0.2, 0.25) is 0 Å². The second-order valence-electron chi connectivity index (χ2n) is 4.63. The van der Waals surface area contributed by atoms with Crippen molar-refractivity contribution in [1.82, 2.24) is 0 Å². The largest absolute Gasteiger partial charge is 0.300 e. The molecule has 2 aliphatic rings. The van der Waals surface area contributed by atoms with Crippen molar-refractivity contribution in [2.45, 2.75) is 31.6 Å². The number of benzene rings is 1. The molecule has 0 spiro atoms. The van der Waals surface area contributed by atoms with E-state index in [1.807, 2.05) is 0 Å². The van der Waals surface area contributed by atoms with Gasteiger partial charge in [-0.15, -0.1) is 0 Å². The molecule has 3 unspecified atom stereocenters. The molecule has 0 N–H and O–H groups in total.